The zero-order valence-corrected chi connectivity index (χ0v) is 21.1. The number of nitrogens with one attached hydrogen (secondary N) is 2. The van der Waals surface area contributed by atoms with E-state index < -0.39 is 36.3 Å². The van der Waals surface area contributed by atoms with Gasteiger partial charge in [-0.15, -0.1) is 5.10 Å². The van der Waals surface area contributed by atoms with Gasteiger partial charge in [-0.1, -0.05) is 28.9 Å². The van der Waals surface area contributed by atoms with Crippen molar-refractivity contribution >= 4 is 39.6 Å². The second-order valence-corrected chi connectivity index (χ2v) is 9.13. The smallest absolute Gasteiger partial charge is 0.373 e. The first-order chi connectivity index (χ1) is 19.5. The van der Waals surface area contributed by atoms with Crippen molar-refractivity contribution in [3.05, 3.63) is 100 Å². The van der Waals surface area contributed by atoms with Crippen molar-refractivity contribution in [2.24, 2.45) is 0 Å². The molecule has 3 heterocycles. The van der Waals surface area contributed by atoms with E-state index in [9.17, 15) is 31.6 Å². The molecule has 0 spiro atoms. The fraction of sp³-hybridized carbons (Fsp3) is 0.115. The monoisotopic (exact) mass is 588 g/mol. The Morgan fingerprint density at radius 2 is 1.76 bits per heavy atom. The molecule has 1 unspecified atom stereocenters. The van der Waals surface area contributed by atoms with Gasteiger partial charge < -0.3 is 10.6 Å². The molecule has 0 amide bonds. The first-order valence-electron chi connectivity index (χ1n) is 11.6. The highest BCUT2D eigenvalue weighted by atomic mass is 35.5. The van der Waals surface area contributed by atoms with E-state index in [4.69, 9.17) is 11.6 Å². The van der Waals surface area contributed by atoms with Gasteiger partial charge in [0, 0.05) is 23.3 Å². The lowest BCUT2D eigenvalue weighted by atomic mass is 10.0. The van der Waals surface area contributed by atoms with Gasteiger partial charge in [0.2, 0.25) is 5.95 Å². The Morgan fingerprint density at radius 3 is 2.44 bits per heavy atom. The number of alkyl halides is 3. The number of nitriles is 1. The molecule has 0 fully saturated rings. The Labute approximate surface area is 232 Å². The number of nitrogens with zero attached hydrogens (tertiary/aromatic N) is 6. The minimum atomic E-state index is -4.53. The molecule has 2 N–H and O–H groups in total. The van der Waals surface area contributed by atoms with E-state index in [2.05, 4.69) is 30.9 Å². The van der Waals surface area contributed by atoms with Gasteiger partial charge in [-0.2, -0.15) is 22.8 Å². The highest BCUT2D eigenvalue weighted by molar-refractivity contribution is 6.36. The minimum absolute atomic E-state index is 0.0350. The third-order valence-corrected chi connectivity index (χ3v) is 6.11. The van der Waals surface area contributed by atoms with Crippen LogP contribution < -0.4 is 10.6 Å². The predicted molar refractivity (Wildman–Crippen MR) is 137 cm³/mol. The summed E-state index contributed by atoms with van der Waals surface area (Å²) in [6, 6.07) is 10.2. The summed E-state index contributed by atoms with van der Waals surface area (Å²) >= 11 is 6.51. The number of fused-ring (bicyclic) bond motifs is 1. The van der Waals surface area contributed by atoms with Crippen molar-refractivity contribution < 1.29 is 26.3 Å². The van der Waals surface area contributed by atoms with Crippen LogP contribution in [-0.2, 0) is 6.54 Å². The van der Waals surface area contributed by atoms with E-state index in [1.807, 2.05) is 6.07 Å². The first-order valence-corrected chi connectivity index (χ1v) is 12.0. The van der Waals surface area contributed by atoms with Gasteiger partial charge in [0.15, 0.2) is 5.82 Å². The topological polar surface area (TPSA) is 104 Å². The number of anilines is 3. The lowest BCUT2D eigenvalue weighted by Gasteiger charge is -2.20. The van der Waals surface area contributed by atoms with E-state index >= 15 is 0 Å². The molecule has 0 aliphatic heterocycles. The summed E-state index contributed by atoms with van der Waals surface area (Å²) in [6.45, 7) is -1.37. The maximum atomic E-state index is 13.8. The van der Waals surface area contributed by atoms with Gasteiger partial charge in [0.05, 0.1) is 45.9 Å². The van der Waals surface area contributed by atoms with E-state index in [1.54, 1.807) is 6.07 Å². The number of benzene rings is 2. The quantitative estimate of drug-likeness (QED) is 0.162. The third-order valence-electron chi connectivity index (χ3n) is 5.82. The summed E-state index contributed by atoms with van der Waals surface area (Å²) in [4.78, 5) is 7.55. The molecule has 5 rings (SSSR count). The van der Waals surface area contributed by atoms with E-state index in [0.717, 1.165) is 18.5 Å². The predicted octanol–water partition coefficient (Wildman–Crippen LogP) is 6.67. The van der Waals surface area contributed by atoms with Gasteiger partial charge in [-0.05, 0) is 29.8 Å². The Hall–Kier alpha value is -4.90. The zero-order valence-electron chi connectivity index (χ0n) is 20.4. The fourth-order valence-electron chi connectivity index (χ4n) is 4.05. The Kier molecular flexibility index (Phi) is 7.38. The van der Waals surface area contributed by atoms with Gasteiger partial charge >= 0.3 is 6.18 Å². The summed E-state index contributed by atoms with van der Waals surface area (Å²) in [7, 11) is 0. The molecule has 0 saturated carbocycles. The van der Waals surface area contributed by atoms with E-state index in [-0.39, 0.29) is 33.2 Å². The van der Waals surface area contributed by atoms with E-state index in [1.165, 1.54) is 36.5 Å². The van der Waals surface area contributed by atoms with Gasteiger partial charge in [0.25, 0.3) is 0 Å². The first kappa shape index (κ1) is 27.7. The second kappa shape index (κ2) is 10.9. The normalized spacial score (nSPS) is 12.2. The number of rotatable bonds is 7. The molecular weight excluding hydrogens is 574 g/mol. The summed E-state index contributed by atoms with van der Waals surface area (Å²) in [5.74, 6) is -3.04. The number of halogens is 7. The molecule has 208 valence electrons. The van der Waals surface area contributed by atoms with Crippen LogP contribution in [0.4, 0.5) is 43.4 Å². The number of hydrogen-bond acceptors (Lipinski definition) is 7. The van der Waals surface area contributed by atoms with E-state index in [0.29, 0.717) is 21.3 Å². The average Bonchev–Trinajstić information content (AvgIpc) is 3.37. The van der Waals surface area contributed by atoms with Crippen LogP contribution in [0.25, 0.3) is 10.9 Å². The van der Waals surface area contributed by atoms with Crippen molar-refractivity contribution in [2.45, 2.75) is 18.8 Å². The lowest BCUT2D eigenvalue weighted by molar-refractivity contribution is -0.142. The molecule has 0 saturated heterocycles. The Morgan fingerprint density at radius 1 is 1.00 bits per heavy atom. The van der Waals surface area contributed by atoms with Crippen LogP contribution in [0.3, 0.4) is 0 Å². The van der Waals surface area contributed by atoms with Crippen LogP contribution in [0.2, 0.25) is 5.02 Å². The summed E-state index contributed by atoms with van der Waals surface area (Å²) < 4.78 is 80.2. The highest BCUT2D eigenvalue weighted by Crippen LogP contribution is 2.37. The molecule has 41 heavy (non-hydrogen) atoms. The van der Waals surface area contributed by atoms with Crippen LogP contribution >= 0.6 is 11.6 Å². The maximum Gasteiger partial charge on any atom is 0.408 e. The standard InChI is InChI=1S/C26H15ClF6N8/c27-19-6-16(5-18-22(14(8-34)9-35-24(18)19)38-17-7-20(29)25(30)36-10-17)37-23(13-1-3-15(28)4-2-13)21-11-41(40-39-21)12-26(31,32)33/h1-7,9-11,23,37H,12H2,(H,35,38). The fourth-order valence-corrected chi connectivity index (χ4v) is 4.32. The molecular formula is C26H15ClF6N8. The van der Waals surface area contributed by atoms with Gasteiger partial charge in [0.1, 0.15) is 24.1 Å². The van der Waals surface area contributed by atoms with Crippen LogP contribution in [-0.4, -0.2) is 31.1 Å². The summed E-state index contributed by atoms with van der Waals surface area (Å²) in [5.41, 5.74) is 1.33. The average molecular weight is 589 g/mol. The number of hydrogen-bond donors (Lipinski definition) is 2. The molecule has 3 aromatic heterocycles. The number of pyridine rings is 2. The number of aromatic nitrogens is 5. The molecule has 0 bridgehead atoms. The van der Waals surface area contributed by atoms with Crippen LogP contribution in [0.1, 0.15) is 22.9 Å². The largest absolute Gasteiger partial charge is 0.408 e. The zero-order chi connectivity index (χ0) is 29.3. The van der Waals surface area contributed by atoms with Crippen molar-refractivity contribution in [3.8, 4) is 6.07 Å². The van der Waals surface area contributed by atoms with Crippen molar-refractivity contribution in [2.75, 3.05) is 10.6 Å². The molecule has 15 heteroatoms. The molecule has 1 atom stereocenters. The molecule has 8 nitrogen and oxygen atoms in total. The van der Waals surface area contributed by atoms with Crippen LogP contribution in [0.5, 0.6) is 0 Å². The molecule has 0 aliphatic rings. The van der Waals surface area contributed by atoms with Crippen LogP contribution in [0.15, 0.2) is 61.1 Å². The second-order valence-electron chi connectivity index (χ2n) is 8.72. The van der Waals surface area contributed by atoms with Crippen molar-refractivity contribution in [1.29, 1.82) is 5.26 Å². The van der Waals surface area contributed by atoms with Crippen molar-refractivity contribution in [1.82, 2.24) is 25.0 Å². The molecule has 2 aromatic carbocycles. The highest BCUT2D eigenvalue weighted by Gasteiger charge is 2.29. The molecule has 0 radical (unpaired) electrons. The lowest BCUT2D eigenvalue weighted by Crippen LogP contribution is -2.18. The maximum absolute atomic E-state index is 13.8. The minimum Gasteiger partial charge on any atom is -0.373 e. The van der Waals surface area contributed by atoms with Crippen molar-refractivity contribution in [3.63, 3.8) is 0 Å². The molecule has 0 aliphatic carbocycles. The SMILES string of the molecule is N#Cc1cnc2c(Cl)cc(NC(c3ccc(F)cc3)c3cn(CC(F)(F)F)nn3)cc2c1Nc1cnc(F)c(F)c1. The third kappa shape index (κ3) is 6.15. The summed E-state index contributed by atoms with van der Waals surface area (Å²) in [5, 5.41) is 23.5. The van der Waals surface area contributed by atoms with Gasteiger partial charge in [-0.3, -0.25) is 4.98 Å². The van der Waals surface area contributed by atoms with Gasteiger partial charge in [-0.25, -0.2) is 18.4 Å². The Balaban J connectivity index is 1.59. The summed E-state index contributed by atoms with van der Waals surface area (Å²) in [6.07, 6.45) is -1.15. The van der Waals surface area contributed by atoms with Crippen LogP contribution in [0, 0.1) is 28.9 Å². The molecule has 5 aromatic rings. The Bertz CT molecular complexity index is 1780.